The van der Waals surface area contributed by atoms with Crippen LogP contribution in [-0.2, 0) is 33.4 Å². The minimum atomic E-state index is -0.785. The highest BCUT2D eigenvalue weighted by atomic mass is 19.1. The highest BCUT2D eigenvalue weighted by Crippen LogP contribution is 2.31. The summed E-state index contributed by atoms with van der Waals surface area (Å²) in [5, 5.41) is 6.01. The quantitative estimate of drug-likeness (QED) is 0.170. The van der Waals surface area contributed by atoms with Gasteiger partial charge in [-0.25, -0.2) is 4.39 Å². The van der Waals surface area contributed by atoms with Crippen LogP contribution in [0.4, 0.5) is 4.39 Å². The highest BCUT2D eigenvalue weighted by molar-refractivity contribution is 5.90. The summed E-state index contributed by atoms with van der Waals surface area (Å²) >= 11 is 0. The fraction of sp³-hybridized carbons (Fsp3) is 0.756. The zero-order valence-electron chi connectivity index (χ0n) is 35.8. The first kappa shape index (κ1) is 48.0. The lowest BCUT2D eigenvalue weighted by Gasteiger charge is -2.41. The minimum Gasteiger partial charge on any atom is -0.380 e. The van der Waals surface area contributed by atoms with E-state index in [1.54, 1.807) is 57.0 Å². The number of nitrogens with two attached hydrogens (primary N) is 1. The van der Waals surface area contributed by atoms with E-state index in [2.05, 4.69) is 10.6 Å². The molecule has 0 aromatic heterocycles. The molecule has 0 saturated carbocycles. The topological polar surface area (TPSA) is 156 Å². The summed E-state index contributed by atoms with van der Waals surface area (Å²) in [4.78, 5) is 60.9. The number of hydrogen-bond acceptors (Lipinski definition) is 9. The van der Waals surface area contributed by atoms with Gasteiger partial charge in [0.15, 0.2) is 0 Å². The van der Waals surface area contributed by atoms with Gasteiger partial charge in [-0.1, -0.05) is 67.0 Å². The van der Waals surface area contributed by atoms with Crippen LogP contribution in [0.1, 0.15) is 86.3 Å². The average molecular weight is 779 g/mol. The predicted octanol–water partition coefficient (Wildman–Crippen LogP) is 3.60. The van der Waals surface area contributed by atoms with E-state index in [0.717, 1.165) is 0 Å². The maximum atomic E-state index is 14.4. The third-order valence-corrected chi connectivity index (χ3v) is 11.4. The van der Waals surface area contributed by atoms with Gasteiger partial charge in [0.2, 0.25) is 23.6 Å². The molecule has 0 spiro atoms. The molecule has 4 amide bonds. The molecule has 1 heterocycles. The van der Waals surface area contributed by atoms with E-state index < -0.39 is 54.4 Å². The molecular formula is C41H71FN6O7. The van der Waals surface area contributed by atoms with E-state index in [1.807, 2.05) is 60.5 Å². The van der Waals surface area contributed by atoms with Crippen LogP contribution in [0.25, 0.3) is 0 Å². The predicted molar refractivity (Wildman–Crippen MR) is 212 cm³/mol. The third kappa shape index (κ3) is 12.4. The molecule has 1 aliphatic rings. The van der Waals surface area contributed by atoms with Crippen LogP contribution in [0.15, 0.2) is 24.3 Å². The molecule has 1 saturated heterocycles. The Morgan fingerprint density at radius 3 is 1.98 bits per heavy atom. The van der Waals surface area contributed by atoms with E-state index in [1.165, 1.54) is 19.2 Å². The van der Waals surface area contributed by atoms with Crippen molar-refractivity contribution in [3.8, 4) is 0 Å². The number of rotatable bonds is 21. The Balaban J connectivity index is 2.33. The molecule has 13 nitrogen and oxygen atoms in total. The molecule has 1 aromatic rings. The Hall–Kier alpha value is -3.17. The van der Waals surface area contributed by atoms with E-state index in [4.69, 9.17) is 19.9 Å². The van der Waals surface area contributed by atoms with Gasteiger partial charge in [-0.05, 0) is 62.9 Å². The van der Waals surface area contributed by atoms with Crippen LogP contribution in [0.2, 0.25) is 0 Å². The van der Waals surface area contributed by atoms with Gasteiger partial charge in [0, 0.05) is 47.0 Å². The fourth-order valence-electron chi connectivity index (χ4n) is 7.98. The van der Waals surface area contributed by atoms with Gasteiger partial charge in [-0.3, -0.25) is 24.1 Å². The molecule has 55 heavy (non-hydrogen) atoms. The number of amides is 4. The van der Waals surface area contributed by atoms with Gasteiger partial charge in [0.25, 0.3) is 0 Å². The molecule has 11 atom stereocenters. The Bertz CT molecular complexity index is 1370. The summed E-state index contributed by atoms with van der Waals surface area (Å²) in [6, 6.07) is 2.63. The summed E-state index contributed by atoms with van der Waals surface area (Å²) < 4.78 is 31.2. The monoisotopic (exact) mass is 779 g/mol. The maximum Gasteiger partial charge on any atom is 0.245 e. The second kappa shape index (κ2) is 21.9. The van der Waals surface area contributed by atoms with Crippen molar-refractivity contribution >= 4 is 23.6 Å². The largest absolute Gasteiger partial charge is 0.380 e. The number of hydrogen-bond donors (Lipinski definition) is 3. The molecule has 314 valence electrons. The first-order valence-electron chi connectivity index (χ1n) is 19.7. The third-order valence-electron chi connectivity index (χ3n) is 11.4. The van der Waals surface area contributed by atoms with Gasteiger partial charge >= 0.3 is 0 Å². The van der Waals surface area contributed by atoms with Gasteiger partial charge in [0.1, 0.15) is 11.9 Å². The maximum absolute atomic E-state index is 14.4. The van der Waals surface area contributed by atoms with Crippen molar-refractivity contribution in [1.29, 1.82) is 0 Å². The van der Waals surface area contributed by atoms with Crippen LogP contribution in [0, 0.1) is 29.5 Å². The SMILES string of the molecule is CCC(C)[C@@H]([C@@H](CC(=O)N1C[C@H](OC)CC1[C@H](OC)[C@@H](C)C(=O)N[C@H](C)C(N)c1ccc(F)cc1)OC)N(C)C(=O)[C@@H](NC(=O)[C@H](C(C)C)N(C)C)C(C)C. The summed E-state index contributed by atoms with van der Waals surface area (Å²) in [7, 11) is 10.1. The van der Waals surface area contributed by atoms with Crippen LogP contribution in [0.3, 0.4) is 0 Å². The van der Waals surface area contributed by atoms with E-state index >= 15 is 0 Å². The van der Waals surface area contributed by atoms with Crippen LogP contribution >= 0.6 is 0 Å². The zero-order valence-corrected chi connectivity index (χ0v) is 35.8. The number of nitrogens with one attached hydrogen (secondary N) is 2. The molecular weight excluding hydrogens is 707 g/mol. The number of carbonyl (C=O) groups is 4. The average Bonchev–Trinajstić information content (AvgIpc) is 3.57. The van der Waals surface area contributed by atoms with Crippen molar-refractivity contribution < 1.29 is 37.8 Å². The number of halogens is 1. The van der Waals surface area contributed by atoms with Gasteiger partial charge in [-0.15, -0.1) is 0 Å². The second-order valence-corrected chi connectivity index (χ2v) is 16.3. The number of benzene rings is 1. The number of nitrogens with zero attached hydrogens (tertiary/aromatic N) is 3. The Morgan fingerprint density at radius 2 is 1.51 bits per heavy atom. The van der Waals surface area contributed by atoms with Crippen LogP contribution in [-0.4, -0.2) is 136 Å². The van der Waals surface area contributed by atoms with Gasteiger partial charge in [-0.2, -0.15) is 0 Å². The molecule has 0 bridgehead atoms. The smallest absolute Gasteiger partial charge is 0.245 e. The minimum absolute atomic E-state index is 0.0317. The normalized spacial score (nSPS) is 21.0. The summed E-state index contributed by atoms with van der Waals surface area (Å²) in [6.45, 7) is 15.6. The summed E-state index contributed by atoms with van der Waals surface area (Å²) in [5.74, 6) is -2.25. The van der Waals surface area contributed by atoms with Crippen molar-refractivity contribution in [2.45, 2.75) is 129 Å². The van der Waals surface area contributed by atoms with Crippen molar-refractivity contribution in [2.24, 2.45) is 29.4 Å². The number of likely N-dealkylation sites (N-methyl/N-ethyl adjacent to an activating group) is 2. The van der Waals surface area contributed by atoms with Crippen molar-refractivity contribution in [3.63, 3.8) is 0 Å². The summed E-state index contributed by atoms with van der Waals surface area (Å²) in [5.41, 5.74) is 7.10. The number of likely N-dealkylation sites (tertiary alicyclic amines) is 1. The van der Waals surface area contributed by atoms with Crippen LogP contribution in [0.5, 0.6) is 0 Å². The lowest BCUT2D eigenvalue weighted by molar-refractivity contribution is -0.148. The molecule has 3 unspecified atom stereocenters. The molecule has 1 fully saturated rings. The molecule has 1 aliphatic heterocycles. The fourth-order valence-corrected chi connectivity index (χ4v) is 7.98. The van der Waals surface area contributed by atoms with E-state index in [-0.39, 0.29) is 59.7 Å². The summed E-state index contributed by atoms with van der Waals surface area (Å²) in [6.07, 6.45) is -0.510. The molecule has 4 N–H and O–H groups in total. The van der Waals surface area contributed by atoms with Crippen molar-refractivity contribution in [2.75, 3.05) is 49.0 Å². The molecule has 0 radical (unpaired) electrons. The van der Waals surface area contributed by atoms with Crippen molar-refractivity contribution in [3.05, 3.63) is 35.6 Å². The Labute approximate surface area is 329 Å². The second-order valence-electron chi connectivity index (χ2n) is 16.3. The van der Waals surface area contributed by atoms with Crippen LogP contribution < -0.4 is 16.4 Å². The Morgan fingerprint density at radius 1 is 0.909 bits per heavy atom. The van der Waals surface area contributed by atoms with E-state index in [0.29, 0.717) is 24.9 Å². The first-order chi connectivity index (χ1) is 25.7. The number of methoxy groups -OCH3 is 3. The molecule has 2 rings (SSSR count). The molecule has 0 aliphatic carbocycles. The van der Waals surface area contributed by atoms with Crippen molar-refractivity contribution in [1.82, 2.24) is 25.3 Å². The number of ether oxygens (including phenoxy) is 3. The lowest BCUT2D eigenvalue weighted by Crippen LogP contribution is -2.59. The zero-order chi connectivity index (χ0) is 41.9. The number of carbonyl (C=O) groups excluding carboxylic acids is 4. The highest BCUT2D eigenvalue weighted by Gasteiger charge is 2.46. The molecule has 14 heteroatoms. The standard InChI is InChI=1S/C41H71FN6O7/c1-15-25(6)37(47(11)41(52)35(23(2)3)45-40(51)36(24(4)5)46(9)10)32(54-13)21-33(49)48-22-30(53-12)20-31(48)38(55-14)26(7)39(50)44-27(8)34(43)28-16-18-29(42)19-17-28/h16-19,23-27,30-32,34-38H,15,20-22,43H2,1-14H3,(H,44,50)(H,45,51)/t25?,26-,27-,30-,31?,32-,34?,35+,36+,37+,38-/m1/s1. The first-order valence-corrected chi connectivity index (χ1v) is 19.7. The van der Waals surface area contributed by atoms with E-state index in [9.17, 15) is 23.6 Å². The Kier molecular flexibility index (Phi) is 19.1. The van der Waals surface area contributed by atoms with Gasteiger partial charge in [0.05, 0.1) is 48.8 Å². The molecule has 1 aromatic carbocycles. The lowest BCUT2D eigenvalue weighted by atomic mass is 9.89. The van der Waals surface area contributed by atoms with Gasteiger partial charge < -0.3 is 40.4 Å².